The van der Waals surface area contributed by atoms with Crippen molar-refractivity contribution in [3.8, 4) is 0 Å². The van der Waals surface area contributed by atoms with E-state index in [0.29, 0.717) is 19.7 Å². The van der Waals surface area contributed by atoms with Crippen LogP contribution in [0.3, 0.4) is 0 Å². The van der Waals surface area contributed by atoms with Gasteiger partial charge in [-0.2, -0.15) is 0 Å². The predicted molar refractivity (Wildman–Crippen MR) is 71.3 cm³/mol. The smallest absolute Gasteiger partial charge is 0.334 e. The molecular weight excluding hydrogens is 244 g/mol. The molecule has 0 aliphatic carbocycles. The molecule has 2 aromatic rings. The van der Waals surface area contributed by atoms with Crippen LogP contribution in [0.2, 0.25) is 0 Å². The van der Waals surface area contributed by atoms with Crippen molar-refractivity contribution in [3.05, 3.63) is 36.5 Å². The summed E-state index contributed by atoms with van der Waals surface area (Å²) in [5.74, 6) is -0.914. The lowest BCUT2D eigenvalue weighted by molar-refractivity contribution is -0.150. The first-order chi connectivity index (χ1) is 9.25. The summed E-state index contributed by atoms with van der Waals surface area (Å²) in [4.78, 5) is 17.4. The number of para-hydroxylation sites is 1. The van der Waals surface area contributed by atoms with Gasteiger partial charge in [-0.1, -0.05) is 18.2 Å². The van der Waals surface area contributed by atoms with Crippen molar-refractivity contribution in [2.75, 3.05) is 24.6 Å². The lowest BCUT2D eigenvalue weighted by atomic mass is 10.1. The average molecular weight is 258 g/mol. The van der Waals surface area contributed by atoms with Gasteiger partial charge in [0.05, 0.1) is 18.7 Å². The maximum Gasteiger partial charge on any atom is 0.334 e. The molecule has 1 aromatic heterocycles. The summed E-state index contributed by atoms with van der Waals surface area (Å²) in [6, 6.07) is 9.78. The third kappa shape index (κ3) is 2.24. The second kappa shape index (κ2) is 4.85. The predicted octanol–water partition coefficient (Wildman–Crippen LogP) is 1.52. The molecule has 1 unspecified atom stereocenters. The Morgan fingerprint density at radius 1 is 1.37 bits per heavy atom. The largest absolute Gasteiger partial charge is 0.479 e. The molecule has 1 aliphatic heterocycles. The summed E-state index contributed by atoms with van der Waals surface area (Å²) >= 11 is 0. The number of fused-ring (bicyclic) bond motifs is 1. The number of carboxylic acids is 1. The number of anilines is 1. The maximum absolute atomic E-state index is 11.0. The number of pyridine rings is 1. The molecule has 1 fully saturated rings. The molecule has 1 N–H and O–H groups in total. The molecule has 5 heteroatoms. The molecule has 1 aliphatic rings. The zero-order valence-corrected chi connectivity index (χ0v) is 10.3. The van der Waals surface area contributed by atoms with Crippen molar-refractivity contribution < 1.29 is 14.6 Å². The molecule has 19 heavy (non-hydrogen) atoms. The SMILES string of the molecule is O=C(O)C1CN(c2ccnc3ccccc23)CCO1. The van der Waals surface area contributed by atoms with Crippen LogP contribution in [0.25, 0.3) is 10.9 Å². The molecule has 0 amide bonds. The number of hydrogen-bond acceptors (Lipinski definition) is 4. The highest BCUT2D eigenvalue weighted by atomic mass is 16.5. The van der Waals surface area contributed by atoms with E-state index < -0.39 is 12.1 Å². The molecule has 1 aromatic carbocycles. The van der Waals surface area contributed by atoms with Crippen LogP contribution in [0.4, 0.5) is 5.69 Å². The lowest BCUT2D eigenvalue weighted by Gasteiger charge is -2.33. The summed E-state index contributed by atoms with van der Waals surface area (Å²) in [7, 11) is 0. The lowest BCUT2D eigenvalue weighted by Crippen LogP contribution is -2.46. The summed E-state index contributed by atoms with van der Waals surface area (Å²) in [5, 5.41) is 10.1. The zero-order chi connectivity index (χ0) is 13.2. The van der Waals surface area contributed by atoms with Crippen LogP contribution in [-0.4, -0.2) is 41.9 Å². The van der Waals surface area contributed by atoms with Crippen LogP contribution in [0.1, 0.15) is 0 Å². The molecule has 98 valence electrons. The molecular formula is C14H14N2O3. The molecule has 1 saturated heterocycles. The van der Waals surface area contributed by atoms with Crippen molar-refractivity contribution in [2.24, 2.45) is 0 Å². The minimum atomic E-state index is -0.914. The number of ether oxygens (including phenoxy) is 1. The Bertz CT molecular complexity index is 609. The van der Waals surface area contributed by atoms with Gasteiger partial charge in [0.2, 0.25) is 0 Å². The van der Waals surface area contributed by atoms with Crippen LogP contribution < -0.4 is 4.90 Å². The second-order valence-electron chi connectivity index (χ2n) is 4.49. The first-order valence-electron chi connectivity index (χ1n) is 6.19. The van der Waals surface area contributed by atoms with Gasteiger partial charge in [-0.25, -0.2) is 4.79 Å². The number of carbonyl (C=O) groups is 1. The van der Waals surface area contributed by atoms with E-state index in [4.69, 9.17) is 9.84 Å². The summed E-state index contributed by atoms with van der Waals surface area (Å²) in [6.07, 6.45) is 0.990. The van der Waals surface area contributed by atoms with Crippen molar-refractivity contribution in [2.45, 2.75) is 6.10 Å². The van der Waals surface area contributed by atoms with Gasteiger partial charge in [0, 0.05) is 23.8 Å². The standard InChI is InChI=1S/C14H14N2O3/c17-14(18)13-9-16(7-8-19-13)12-5-6-15-11-4-2-1-3-10(11)12/h1-6,13H,7-9H2,(H,17,18). The van der Waals surface area contributed by atoms with Gasteiger partial charge >= 0.3 is 5.97 Å². The Kier molecular flexibility index (Phi) is 3.05. The fourth-order valence-electron chi connectivity index (χ4n) is 2.37. The number of aromatic nitrogens is 1. The third-order valence-corrected chi connectivity index (χ3v) is 3.31. The van der Waals surface area contributed by atoms with Crippen LogP contribution >= 0.6 is 0 Å². The normalized spacial score (nSPS) is 19.6. The maximum atomic E-state index is 11.0. The molecule has 0 radical (unpaired) electrons. The highest BCUT2D eigenvalue weighted by molar-refractivity contribution is 5.91. The van der Waals surface area contributed by atoms with E-state index in [2.05, 4.69) is 4.98 Å². The van der Waals surface area contributed by atoms with E-state index in [9.17, 15) is 4.79 Å². The number of aliphatic carboxylic acids is 1. The Hall–Kier alpha value is -2.14. The Morgan fingerprint density at radius 3 is 3.05 bits per heavy atom. The van der Waals surface area contributed by atoms with Gasteiger partial charge in [0.1, 0.15) is 0 Å². The van der Waals surface area contributed by atoms with E-state index in [-0.39, 0.29) is 0 Å². The van der Waals surface area contributed by atoms with Crippen LogP contribution in [-0.2, 0) is 9.53 Å². The molecule has 0 bridgehead atoms. The van der Waals surface area contributed by atoms with E-state index in [1.165, 1.54) is 0 Å². The minimum absolute atomic E-state index is 0.364. The summed E-state index contributed by atoms with van der Waals surface area (Å²) in [5.41, 5.74) is 1.93. The van der Waals surface area contributed by atoms with Crippen LogP contribution in [0.15, 0.2) is 36.5 Å². The van der Waals surface area contributed by atoms with Crippen molar-refractivity contribution >= 4 is 22.6 Å². The van der Waals surface area contributed by atoms with Gasteiger partial charge < -0.3 is 14.7 Å². The molecule has 3 rings (SSSR count). The van der Waals surface area contributed by atoms with Crippen LogP contribution in [0, 0.1) is 0 Å². The van der Waals surface area contributed by atoms with E-state index in [1.807, 2.05) is 35.2 Å². The minimum Gasteiger partial charge on any atom is -0.479 e. The highest BCUT2D eigenvalue weighted by Crippen LogP contribution is 2.26. The fraction of sp³-hybridized carbons (Fsp3) is 0.286. The van der Waals surface area contributed by atoms with Gasteiger partial charge in [-0.05, 0) is 12.1 Å². The van der Waals surface area contributed by atoms with Gasteiger partial charge in [0.15, 0.2) is 6.10 Å². The molecule has 5 nitrogen and oxygen atoms in total. The summed E-state index contributed by atoms with van der Waals surface area (Å²) in [6.45, 7) is 1.48. The van der Waals surface area contributed by atoms with Crippen molar-refractivity contribution in [1.82, 2.24) is 4.98 Å². The number of rotatable bonds is 2. The van der Waals surface area contributed by atoms with Crippen molar-refractivity contribution in [3.63, 3.8) is 0 Å². The molecule has 0 saturated carbocycles. The monoisotopic (exact) mass is 258 g/mol. The Morgan fingerprint density at radius 2 is 2.21 bits per heavy atom. The topological polar surface area (TPSA) is 62.7 Å². The molecule has 0 spiro atoms. The molecule has 1 atom stereocenters. The molecule has 2 heterocycles. The quantitative estimate of drug-likeness (QED) is 0.885. The van der Waals surface area contributed by atoms with Gasteiger partial charge in [-0.15, -0.1) is 0 Å². The highest BCUT2D eigenvalue weighted by Gasteiger charge is 2.27. The van der Waals surface area contributed by atoms with E-state index in [0.717, 1.165) is 16.6 Å². The first-order valence-corrected chi connectivity index (χ1v) is 6.19. The number of nitrogens with zero attached hydrogens (tertiary/aromatic N) is 2. The van der Waals surface area contributed by atoms with E-state index >= 15 is 0 Å². The van der Waals surface area contributed by atoms with Crippen LogP contribution in [0.5, 0.6) is 0 Å². The number of benzene rings is 1. The Labute approximate surface area is 110 Å². The van der Waals surface area contributed by atoms with Gasteiger partial charge in [0.25, 0.3) is 0 Å². The number of carboxylic acid groups (broad SMARTS) is 1. The summed E-state index contributed by atoms with van der Waals surface area (Å²) < 4.78 is 5.25. The van der Waals surface area contributed by atoms with Crippen molar-refractivity contribution in [1.29, 1.82) is 0 Å². The average Bonchev–Trinajstić information content (AvgIpc) is 2.47. The number of hydrogen-bond donors (Lipinski definition) is 1. The van der Waals surface area contributed by atoms with Gasteiger partial charge in [-0.3, -0.25) is 4.98 Å². The third-order valence-electron chi connectivity index (χ3n) is 3.31. The zero-order valence-electron chi connectivity index (χ0n) is 10.3. The number of morpholine rings is 1. The first kappa shape index (κ1) is 11.9. The fourth-order valence-corrected chi connectivity index (χ4v) is 2.37. The Balaban J connectivity index is 1.97. The second-order valence-corrected chi connectivity index (χ2v) is 4.49. The van der Waals surface area contributed by atoms with E-state index in [1.54, 1.807) is 6.20 Å².